The van der Waals surface area contributed by atoms with E-state index < -0.39 is 11.9 Å². The van der Waals surface area contributed by atoms with E-state index in [1.807, 2.05) is 0 Å². The SMILES string of the molecule is C=C(CCCCCCCCCCCCC)C(=O)O.C=C(CCCCCCCCCCCCCCCCCCC)C(=O)O. The minimum atomic E-state index is -0.845. The van der Waals surface area contributed by atoms with E-state index in [4.69, 9.17) is 10.2 Å². The summed E-state index contributed by atoms with van der Waals surface area (Å²) in [5, 5.41) is 17.4. The fourth-order valence-corrected chi connectivity index (χ4v) is 5.28. The van der Waals surface area contributed by atoms with E-state index in [2.05, 4.69) is 27.0 Å². The van der Waals surface area contributed by atoms with Crippen molar-refractivity contribution in [3.05, 3.63) is 24.3 Å². The number of unbranched alkanes of at least 4 members (excludes halogenated alkanes) is 26. The van der Waals surface area contributed by atoms with Crippen LogP contribution < -0.4 is 0 Å². The molecule has 0 aromatic heterocycles. The Morgan fingerprint density at radius 1 is 0.357 bits per heavy atom. The first kappa shape index (κ1) is 42.6. The molecule has 42 heavy (non-hydrogen) atoms. The van der Waals surface area contributed by atoms with Gasteiger partial charge in [0.1, 0.15) is 0 Å². The standard InChI is InChI=1S/C22H42O2.C16H30O2/c1-3-4-5-6-7-8-9-10-11-12-13-14-15-16-17-18-19-20-21(2)22(23)24;1-3-4-5-6-7-8-9-10-11-12-13-14-15(2)16(17)18/h2-20H2,1H3,(H,23,24);2-14H2,1H3,(H,17,18). The maximum atomic E-state index is 10.6. The van der Waals surface area contributed by atoms with Crippen molar-refractivity contribution in [1.82, 2.24) is 0 Å². The fraction of sp³-hybridized carbons (Fsp3) is 0.842. The zero-order valence-corrected chi connectivity index (χ0v) is 28.3. The Bertz CT molecular complexity index is 625. The monoisotopic (exact) mass is 593 g/mol. The summed E-state index contributed by atoms with van der Waals surface area (Å²) in [6, 6.07) is 0. The van der Waals surface area contributed by atoms with Crippen molar-refractivity contribution in [2.75, 3.05) is 0 Å². The van der Waals surface area contributed by atoms with Crippen molar-refractivity contribution in [1.29, 1.82) is 0 Å². The van der Waals surface area contributed by atoms with Crippen LogP contribution in [-0.2, 0) is 9.59 Å². The van der Waals surface area contributed by atoms with Crippen molar-refractivity contribution in [3.8, 4) is 0 Å². The Morgan fingerprint density at radius 2 is 0.524 bits per heavy atom. The average Bonchev–Trinajstić information content (AvgIpc) is 2.97. The van der Waals surface area contributed by atoms with Crippen LogP contribution in [0.5, 0.6) is 0 Å². The minimum absolute atomic E-state index is 0.353. The lowest BCUT2D eigenvalue weighted by Gasteiger charge is -2.04. The highest BCUT2D eigenvalue weighted by Gasteiger charge is 2.03. The Balaban J connectivity index is 0. The summed E-state index contributed by atoms with van der Waals surface area (Å²) in [5.41, 5.74) is 0.710. The zero-order valence-electron chi connectivity index (χ0n) is 28.3. The van der Waals surface area contributed by atoms with E-state index in [1.165, 1.54) is 154 Å². The van der Waals surface area contributed by atoms with Gasteiger partial charge in [0.05, 0.1) is 0 Å². The van der Waals surface area contributed by atoms with Crippen molar-refractivity contribution < 1.29 is 19.8 Å². The molecule has 4 heteroatoms. The first-order chi connectivity index (χ1) is 20.4. The van der Waals surface area contributed by atoms with Gasteiger partial charge in [-0.3, -0.25) is 0 Å². The second kappa shape index (κ2) is 35.6. The summed E-state index contributed by atoms with van der Waals surface area (Å²) in [5.74, 6) is -1.69. The van der Waals surface area contributed by atoms with Gasteiger partial charge in [0.15, 0.2) is 0 Å². The molecule has 2 N–H and O–H groups in total. The normalized spacial score (nSPS) is 10.7. The van der Waals surface area contributed by atoms with Gasteiger partial charge in [0, 0.05) is 11.1 Å². The molecule has 0 aliphatic rings. The van der Waals surface area contributed by atoms with Gasteiger partial charge in [-0.1, -0.05) is 194 Å². The number of carboxylic acids is 2. The summed E-state index contributed by atoms with van der Waals surface area (Å²) >= 11 is 0. The predicted molar refractivity (Wildman–Crippen MR) is 183 cm³/mol. The molecule has 0 aromatic rings. The first-order valence-corrected chi connectivity index (χ1v) is 18.2. The molecule has 0 bridgehead atoms. The van der Waals surface area contributed by atoms with E-state index in [-0.39, 0.29) is 0 Å². The van der Waals surface area contributed by atoms with Crippen molar-refractivity contribution in [2.45, 2.75) is 206 Å². The van der Waals surface area contributed by atoms with Crippen LogP contribution in [0.25, 0.3) is 0 Å². The number of hydrogen-bond acceptors (Lipinski definition) is 2. The molecular weight excluding hydrogens is 520 g/mol. The van der Waals surface area contributed by atoms with Crippen LogP contribution in [0, 0.1) is 0 Å². The molecule has 0 heterocycles. The zero-order chi connectivity index (χ0) is 31.5. The Hall–Kier alpha value is -1.58. The van der Waals surface area contributed by atoms with Gasteiger partial charge in [-0.15, -0.1) is 0 Å². The third-order valence-corrected chi connectivity index (χ3v) is 8.27. The largest absolute Gasteiger partial charge is 0.478 e. The quantitative estimate of drug-likeness (QED) is 0.0602. The lowest BCUT2D eigenvalue weighted by Crippen LogP contribution is -1.98. The third kappa shape index (κ3) is 36.4. The molecule has 0 rings (SSSR count). The lowest BCUT2D eigenvalue weighted by atomic mass is 10.0. The molecule has 0 spiro atoms. The predicted octanol–water partition coefficient (Wildman–Crippen LogP) is 13.0. The highest BCUT2D eigenvalue weighted by Crippen LogP contribution is 2.16. The molecule has 248 valence electrons. The average molecular weight is 593 g/mol. The van der Waals surface area contributed by atoms with E-state index in [9.17, 15) is 9.59 Å². The van der Waals surface area contributed by atoms with E-state index in [0.29, 0.717) is 24.0 Å². The fourth-order valence-electron chi connectivity index (χ4n) is 5.28. The topological polar surface area (TPSA) is 74.6 Å². The van der Waals surface area contributed by atoms with Gasteiger partial charge in [-0.25, -0.2) is 9.59 Å². The molecule has 4 nitrogen and oxygen atoms in total. The van der Waals surface area contributed by atoms with Crippen LogP contribution in [-0.4, -0.2) is 22.2 Å². The van der Waals surface area contributed by atoms with Gasteiger partial charge in [0.25, 0.3) is 0 Å². The summed E-state index contributed by atoms with van der Waals surface area (Å²) in [6.07, 6.45) is 38.5. The Labute approximate surface area is 262 Å². The van der Waals surface area contributed by atoms with Gasteiger partial charge in [-0.2, -0.15) is 0 Å². The van der Waals surface area contributed by atoms with Crippen LogP contribution in [0.15, 0.2) is 24.3 Å². The summed E-state index contributed by atoms with van der Waals surface area (Å²) in [6.45, 7) is 11.6. The smallest absolute Gasteiger partial charge is 0.330 e. The molecule has 0 aliphatic carbocycles. The summed E-state index contributed by atoms with van der Waals surface area (Å²) in [4.78, 5) is 21.1. The Kier molecular flexibility index (Phi) is 36.1. The molecule has 0 amide bonds. The number of carbonyl (C=O) groups is 2. The van der Waals surface area contributed by atoms with Crippen molar-refractivity contribution in [3.63, 3.8) is 0 Å². The van der Waals surface area contributed by atoms with E-state index in [0.717, 1.165) is 25.7 Å². The highest BCUT2D eigenvalue weighted by molar-refractivity contribution is 5.85. The second-order valence-electron chi connectivity index (χ2n) is 12.5. The maximum absolute atomic E-state index is 10.6. The van der Waals surface area contributed by atoms with Crippen molar-refractivity contribution in [2.24, 2.45) is 0 Å². The number of rotatable bonds is 32. The highest BCUT2D eigenvalue weighted by atomic mass is 16.4. The van der Waals surface area contributed by atoms with Crippen LogP contribution in [0.2, 0.25) is 0 Å². The molecule has 0 aliphatic heterocycles. The van der Waals surface area contributed by atoms with Crippen molar-refractivity contribution >= 4 is 11.9 Å². The van der Waals surface area contributed by atoms with Crippen LogP contribution >= 0.6 is 0 Å². The molecular formula is C38H72O4. The molecule has 0 radical (unpaired) electrons. The Morgan fingerprint density at radius 3 is 0.690 bits per heavy atom. The molecule has 0 saturated heterocycles. The van der Waals surface area contributed by atoms with Gasteiger partial charge >= 0.3 is 11.9 Å². The maximum Gasteiger partial charge on any atom is 0.330 e. The molecule has 0 saturated carbocycles. The summed E-state index contributed by atoms with van der Waals surface area (Å²) < 4.78 is 0. The van der Waals surface area contributed by atoms with E-state index >= 15 is 0 Å². The second-order valence-corrected chi connectivity index (χ2v) is 12.5. The molecule has 0 fully saturated rings. The molecule has 0 unspecified atom stereocenters. The third-order valence-electron chi connectivity index (χ3n) is 8.27. The van der Waals surface area contributed by atoms with Crippen LogP contribution in [0.4, 0.5) is 0 Å². The summed E-state index contributed by atoms with van der Waals surface area (Å²) in [7, 11) is 0. The first-order valence-electron chi connectivity index (χ1n) is 18.2. The lowest BCUT2D eigenvalue weighted by molar-refractivity contribution is -0.133. The van der Waals surface area contributed by atoms with Gasteiger partial charge in [-0.05, 0) is 25.7 Å². The number of carboxylic acid groups (broad SMARTS) is 2. The van der Waals surface area contributed by atoms with Crippen LogP contribution in [0.3, 0.4) is 0 Å². The van der Waals surface area contributed by atoms with Gasteiger partial charge < -0.3 is 10.2 Å². The minimum Gasteiger partial charge on any atom is -0.478 e. The van der Waals surface area contributed by atoms with Gasteiger partial charge in [0.2, 0.25) is 0 Å². The number of aliphatic carboxylic acids is 2. The van der Waals surface area contributed by atoms with Crippen LogP contribution in [0.1, 0.15) is 206 Å². The number of hydrogen-bond donors (Lipinski definition) is 2. The van der Waals surface area contributed by atoms with E-state index in [1.54, 1.807) is 0 Å². The molecule has 0 aromatic carbocycles. The molecule has 0 atom stereocenters.